The third-order valence-corrected chi connectivity index (χ3v) is 2.52. The van der Waals surface area contributed by atoms with E-state index in [0.29, 0.717) is 18.4 Å². The molecule has 0 bridgehead atoms. The second-order valence-electron chi connectivity index (χ2n) is 3.90. The number of carboxylic acids is 1. The summed E-state index contributed by atoms with van der Waals surface area (Å²) >= 11 is 0. The molecule has 0 heterocycles. The van der Waals surface area contributed by atoms with Crippen LogP contribution in [0, 0.1) is 12.7 Å². The zero-order valence-corrected chi connectivity index (χ0v) is 9.24. The van der Waals surface area contributed by atoms with Crippen LogP contribution < -0.4 is 5.73 Å². The number of halogens is 1. The fourth-order valence-electron chi connectivity index (χ4n) is 1.54. The van der Waals surface area contributed by atoms with E-state index in [4.69, 9.17) is 10.8 Å². The van der Waals surface area contributed by atoms with Crippen LogP contribution in [0.5, 0.6) is 0 Å². The van der Waals surface area contributed by atoms with Gasteiger partial charge in [-0.15, -0.1) is 0 Å². The van der Waals surface area contributed by atoms with Crippen LogP contribution in [-0.2, 0) is 4.79 Å². The maximum absolute atomic E-state index is 13.0. The van der Waals surface area contributed by atoms with Crippen molar-refractivity contribution in [2.45, 2.75) is 32.2 Å². The Morgan fingerprint density at radius 2 is 2.25 bits per heavy atom. The van der Waals surface area contributed by atoms with Crippen molar-refractivity contribution in [3.05, 3.63) is 35.1 Å². The maximum atomic E-state index is 13.0. The van der Waals surface area contributed by atoms with E-state index < -0.39 is 5.97 Å². The fraction of sp³-hybridized carbons (Fsp3) is 0.417. The predicted octanol–water partition coefficient (Wildman–Crippen LogP) is 2.39. The van der Waals surface area contributed by atoms with Crippen molar-refractivity contribution in [3.63, 3.8) is 0 Å². The van der Waals surface area contributed by atoms with E-state index in [1.807, 2.05) is 0 Å². The highest BCUT2D eigenvalue weighted by atomic mass is 19.1. The third kappa shape index (κ3) is 3.62. The maximum Gasteiger partial charge on any atom is 0.303 e. The van der Waals surface area contributed by atoms with Gasteiger partial charge in [0.2, 0.25) is 0 Å². The first-order valence-corrected chi connectivity index (χ1v) is 5.24. The van der Waals surface area contributed by atoms with Crippen LogP contribution in [0.1, 0.15) is 36.4 Å². The lowest BCUT2D eigenvalue weighted by molar-refractivity contribution is -0.137. The fourth-order valence-corrected chi connectivity index (χ4v) is 1.54. The smallest absolute Gasteiger partial charge is 0.303 e. The van der Waals surface area contributed by atoms with Gasteiger partial charge in [0.15, 0.2) is 0 Å². The molecule has 0 aliphatic carbocycles. The van der Waals surface area contributed by atoms with Crippen molar-refractivity contribution in [2.24, 2.45) is 5.73 Å². The summed E-state index contributed by atoms with van der Waals surface area (Å²) in [6.45, 7) is 1.68. The summed E-state index contributed by atoms with van der Waals surface area (Å²) in [5, 5.41) is 8.49. The topological polar surface area (TPSA) is 63.3 Å². The summed E-state index contributed by atoms with van der Waals surface area (Å²) in [5.41, 5.74) is 7.30. The second-order valence-corrected chi connectivity index (χ2v) is 3.90. The molecule has 0 saturated carbocycles. The number of benzene rings is 1. The van der Waals surface area contributed by atoms with E-state index in [9.17, 15) is 9.18 Å². The minimum absolute atomic E-state index is 0.119. The molecule has 3 nitrogen and oxygen atoms in total. The molecule has 1 aromatic carbocycles. The van der Waals surface area contributed by atoms with Gasteiger partial charge in [0.1, 0.15) is 5.82 Å². The lowest BCUT2D eigenvalue weighted by Crippen LogP contribution is -2.11. The van der Waals surface area contributed by atoms with Crippen molar-refractivity contribution in [2.75, 3.05) is 0 Å². The van der Waals surface area contributed by atoms with Gasteiger partial charge in [-0.3, -0.25) is 4.79 Å². The largest absolute Gasteiger partial charge is 0.481 e. The standard InChI is InChI=1S/C12H16FNO2/c1-8-7-9(5-6-10(8)13)11(14)3-2-4-12(15)16/h5-7,11H,2-4,14H2,1H3,(H,15,16). The number of aliphatic carboxylic acids is 1. The highest BCUT2D eigenvalue weighted by Gasteiger charge is 2.08. The molecule has 4 heteroatoms. The van der Waals surface area contributed by atoms with Crippen LogP contribution in [-0.4, -0.2) is 11.1 Å². The van der Waals surface area contributed by atoms with Gasteiger partial charge in [0.25, 0.3) is 0 Å². The Labute approximate surface area is 94.1 Å². The lowest BCUT2D eigenvalue weighted by Gasteiger charge is -2.12. The number of aryl methyl sites for hydroxylation is 1. The van der Waals surface area contributed by atoms with Crippen LogP contribution >= 0.6 is 0 Å². The van der Waals surface area contributed by atoms with Crippen LogP contribution in [0.3, 0.4) is 0 Å². The quantitative estimate of drug-likeness (QED) is 0.808. The molecule has 0 aliphatic heterocycles. The Balaban J connectivity index is 2.55. The molecule has 0 amide bonds. The molecule has 88 valence electrons. The molecular formula is C12H16FNO2. The highest BCUT2D eigenvalue weighted by Crippen LogP contribution is 2.19. The van der Waals surface area contributed by atoms with E-state index in [1.54, 1.807) is 19.1 Å². The van der Waals surface area contributed by atoms with Gasteiger partial charge < -0.3 is 10.8 Å². The zero-order valence-electron chi connectivity index (χ0n) is 9.24. The average molecular weight is 225 g/mol. The number of carboxylic acid groups (broad SMARTS) is 1. The minimum atomic E-state index is -0.817. The minimum Gasteiger partial charge on any atom is -0.481 e. The molecule has 1 atom stereocenters. The number of rotatable bonds is 5. The Morgan fingerprint density at radius 3 is 2.81 bits per heavy atom. The molecular weight excluding hydrogens is 209 g/mol. The van der Waals surface area contributed by atoms with Gasteiger partial charge in [-0.25, -0.2) is 4.39 Å². The van der Waals surface area contributed by atoms with Gasteiger partial charge in [-0.1, -0.05) is 12.1 Å². The Kier molecular flexibility index (Phi) is 4.43. The van der Waals surface area contributed by atoms with Gasteiger partial charge in [0, 0.05) is 12.5 Å². The molecule has 16 heavy (non-hydrogen) atoms. The van der Waals surface area contributed by atoms with E-state index in [-0.39, 0.29) is 18.3 Å². The van der Waals surface area contributed by atoms with Crippen molar-refractivity contribution in [1.29, 1.82) is 0 Å². The van der Waals surface area contributed by atoms with Crippen LogP contribution in [0.25, 0.3) is 0 Å². The molecule has 0 aliphatic rings. The van der Waals surface area contributed by atoms with E-state index in [1.165, 1.54) is 6.07 Å². The monoisotopic (exact) mass is 225 g/mol. The highest BCUT2D eigenvalue weighted by molar-refractivity contribution is 5.66. The van der Waals surface area contributed by atoms with E-state index >= 15 is 0 Å². The van der Waals surface area contributed by atoms with Crippen LogP contribution in [0.15, 0.2) is 18.2 Å². The summed E-state index contributed by atoms with van der Waals surface area (Å²) < 4.78 is 13.0. The van der Waals surface area contributed by atoms with Gasteiger partial charge in [-0.05, 0) is 37.0 Å². The number of carbonyl (C=O) groups is 1. The second kappa shape index (κ2) is 5.61. The van der Waals surface area contributed by atoms with Crippen LogP contribution in [0.2, 0.25) is 0 Å². The zero-order chi connectivity index (χ0) is 12.1. The normalized spacial score (nSPS) is 12.4. The van der Waals surface area contributed by atoms with Gasteiger partial charge >= 0.3 is 5.97 Å². The first kappa shape index (κ1) is 12.6. The lowest BCUT2D eigenvalue weighted by atomic mass is 10.00. The summed E-state index contributed by atoms with van der Waals surface area (Å²) in [5.74, 6) is -1.07. The van der Waals surface area contributed by atoms with Gasteiger partial charge in [-0.2, -0.15) is 0 Å². The van der Waals surface area contributed by atoms with E-state index in [2.05, 4.69) is 0 Å². The molecule has 1 rings (SSSR count). The first-order valence-electron chi connectivity index (χ1n) is 5.24. The van der Waals surface area contributed by atoms with Crippen molar-refractivity contribution in [3.8, 4) is 0 Å². The predicted molar refractivity (Wildman–Crippen MR) is 59.6 cm³/mol. The number of hydrogen-bond acceptors (Lipinski definition) is 2. The molecule has 1 unspecified atom stereocenters. The molecule has 1 aromatic rings. The number of hydrogen-bond donors (Lipinski definition) is 2. The molecule has 0 saturated heterocycles. The molecule has 0 radical (unpaired) electrons. The first-order chi connectivity index (χ1) is 7.50. The SMILES string of the molecule is Cc1cc(C(N)CCCC(=O)O)ccc1F. The third-order valence-electron chi connectivity index (χ3n) is 2.52. The summed E-state index contributed by atoms with van der Waals surface area (Å²) in [7, 11) is 0. The van der Waals surface area contributed by atoms with Crippen molar-refractivity contribution in [1.82, 2.24) is 0 Å². The van der Waals surface area contributed by atoms with Gasteiger partial charge in [0.05, 0.1) is 0 Å². The molecule has 0 spiro atoms. The van der Waals surface area contributed by atoms with Crippen LogP contribution in [0.4, 0.5) is 4.39 Å². The summed E-state index contributed by atoms with van der Waals surface area (Å²) in [6, 6.07) is 4.52. The Bertz CT molecular complexity index is 379. The molecule has 0 aromatic heterocycles. The number of nitrogens with two attached hydrogens (primary N) is 1. The van der Waals surface area contributed by atoms with Crippen molar-refractivity contribution < 1.29 is 14.3 Å². The summed E-state index contributed by atoms with van der Waals surface area (Å²) in [6.07, 6.45) is 1.25. The van der Waals surface area contributed by atoms with E-state index in [0.717, 1.165) is 5.56 Å². The summed E-state index contributed by atoms with van der Waals surface area (Å²) in [4.78, 5) is 10.3. The molecule has 0 fully saturated rings. The Morgan fingerprint density at radius 1 is 1.56 bits per heavy atom. The van der Waals surface area contributed by atoms with Crippen molar-refractivity contribution >= 4 is 5.97 Å². The average Bonchev–Trinajstić information content (AvgIpc) is 2.21. The molecule has 3 N–H and O–H groups in total. The Hall–Kier alpha value is -1.42.